The number of hydrogen-bond acceptors (Lipinski definition) is 6. The fraction of sp³-hybridized carbons (Fsp3) is 0.350. The molecule has 150 valence electrons. The van der Waals surface area contributed by atoms with Gasteiger partial charge in [-0.15, -0.1) is 0 Å². The van der Waals surface area contributed by atoms with E-state index >= 15 is 0 Å². The lowest BCUT2D eigenvalue weighted by Gasteiger charge is -2.25. The van der Waals surface area contributed by atoms with E-state index in [1.54, 1.807) is 18.2 Å². The summed E-state index contributed by atoms with van der Waals surface area (Å²) < 4.78 is 42.5. The molecular formula is C20H23NO6S. The van der Waals surface area contributed by atoms with Crippen LogP contribution in [0.3, 0.4) is 0 Å². The molecule has 0 amide bonds. The van der Waals surface area contributed by atoms with Gasteiger partial charge in [-0.2, -0.15) is 4.31 Å². The fourth-order valence-corrected chi connectivity index (χ4v) is 4.54. The van der Waals surface area contributed by atoms with Crippen LogP contribution in [-0.4, -0.2) is 46.0 Å². The number of hydrogen-bond donors (Lipinski definition) is 0. The first kappa shape index (κ1) is 20.2. The molecule has 1 aliphatic heterocycles. The smallest absolute Gasteiger partial charge is 0.343 e. The van der Waals surface area contributed by atoms with E-state index in [-0.39, 0.29) is 16.2 Å². The first-order chi connectivity index (χ1) is 13.4. The summed E-state index contributed by atoms with van der Waals surface area (Å²) in [6.45, 7) is 1.06. The Morgan fingerprint density at radius 3 is 1.93 bits per heavy atom. The monoisotopic (exact) mass is 405 g/mol. The van der Waals surface area contributed by atoms with E-state index in [0.717, 1.165) is 19.3 Å². The maximum atomic E-state index is 12.7. The lowest BCUT2D eigenvalue weighted by atomic mass is 10.2. The standard InChI is InChI=1S/C20H23NO6S/c1-25-16-12-17(26-2)14-18(13-16)27-20(22)15-6-8-19(9-7-15)28(23,24)21-10-4-3-5-11-21/h6-9,12-14H,3-5,10-11H2,1-2H3. The molecule has 1 fully saturated rings. The largest absolute Gasteiger partial charge is 0.496 e. The second-order valence-corrected chi connectivity index (χ2v) is 8.36. The SMILES string of the molecule is COc1cc(OC)cc(OC(=O)c2ccc(S(=O)(=O)N3CCCCC3)cc2)c1. The van der Waals surface area contributed by atoms with Gasteiger partial charge in [0, 0.05) is 31.3 Å². The van der Waals surface area contributed by atoms with Gasteiger partial charge < -0.3 is 14.2 Å². The van der Waals surface area contributed by atoms with Crippen molar-refractivity contribution in [3.05, 3.63) is 48.0 Å². The van der Waals surface area contributed by atoms with E-state index in [2.05, 4.69) is 0 Å². The van der Waals surface area contributed by atoms with Gasteiger partial charge in [-0.3, -0.25) is 0 Å². The Kier molecular flexibility index (Phi) is 6.21. The second kappa shape index (κ2) is 8.62. The summed E-state index contributed by atoms with van der Waals surface area (Å²) >= 11 is 0. The number of benzene rings is 2. The van der Waals surface area contributed by atoms with Crippen LogP contribution in [0.5, 0.6) is 17.2 Å². The molecule has 2 aromatic carbocycles. The Bertz CT molecular complexity index is 911. The highest BCUT2D eigenvalue weighted by Gasteiger charge is 2.26. The van der Waals surface area contributed by atoms with Gasteiger partial charge in [0.25, 0.3) is 0 Å². The number of methoxy groups -OCH3 is 2. The highest BCUT2D eigenvalue weighted by atomic mass is 32.2. The van der Waals surface area contributed by atoms with Crippen LogP contribution in [0.15, 0.2) is 47.4 Å². The minimum absolute atomic E-state index is 0.175. The van der Waals surface area contributed by atoms with Crippen molar-refractivity contribution in [3.8, 4) is 17.2 Å². The normalized spacial score (nSPS) is 15.1. The zero-order chi connectivity index (χ0) is 20.1. The molecule has 0 unspecified atom stereocenters. The first-order valence-corrected chi connectivity index (χ1v) is 10.4. The van der Waals surface area contributed by atoms with E-state index in [1.165, 1.54) is 42.8 Å². The van der Waals surface area contributed by atoms with E-state index in [1.807, 2.05) is 0 Å². The minimum atomic E-state index is -3.53. The summed E-state index contributed by atoms with van der Waals surface area (Å²) in [5.41, 5.74) is 0.249. The van der Waals surface area contributed by atoms with E-state index in [4.69, 9.17) is 14.2 Å². The summed E-state index contributed by atoms with van der Waals surface area (Å²) in [5.74, 6) is 0.652. The Balaban J connectivity index is 1.75. The molecule has 0 atom stereocenters. The third-order valence-electron chi connectivity index (χ3n) is 4.58. The summed E-state index contributed by atoms with van der Waals surface area (Å²) in [5, 5.41) is 0. The number of ether oxygens (including phenoxy) is 3. The Morgan fingerprint density at radius 1 is 0.857 bits per heavy atom. The minimum Gasteiger partial charge on any atom is -0.496 e. The number of carbonyl (C=O) groups excluding carboxylic acids is 1. The summed E-state index contributed by atoms with van der Waals surface area (Å²) in [6, 6.07) is 10.6. The summed E-state index contributed by atoms with van der Waals surface area (Å²) in [6.07, 6.45) is 2.78. The molecule has 0 saturated carbocycles. The predicted octanol–water partition coefficient (Wildman–Crippen LogP) is 3.10. The van der Waals surface area contributed by atoms with Crippen LogP contribution in [0, 0.1) is 0 Å². The van der Waals surface area contributed by atoms with Gasteiger partial charge in [0.2, 0.25) is 10.0 Å². The topological polar surface area (TPSA) is 82.1 Å². The molecule has 1 saturated heterocycles. The van der Waals surface area contributed by atoms with Crippen LogP contribution >= 0.6 is 0 Å². The average molecular weight is 405 g/mol. The van der Waals surface area contributed by atoms with Crippen molar-refractivity contribution in [2.24, 2.45) is 0 Å². The van der Waals surface area contributed by atoms with Crippen LogP contribution in [0.1, 0.15) is 29.6 Å². The fourth-order valence-electron chi connectivity index (χ4n) is 3.02. The second-order valence-electron chi connectivity index (χ2n) is 6.43. The van der Waals surface area contributed by atoms with Crippen molar-refractivity contribution in [3.63, 3.8) is 0 Å². The molecular weight excluding hydrogens is 382 g/mol. The quantitative estimate of drug-likeness (QED) is 0.543. The van der Waals surface area contributed by atoms with E-state index in [9.17, 15) is 13.2 Å². The molecule has 8 heteroatoms. The molecule has 2 aromatic rings. The lowest BCUT2D eigenvalue weighted by Crippen LogP contribution is -2.35. The molecule has 7 nitrogen and oxygen atoms in total. The molecule has 0 radical (unpaired) electrons. The van der Waals surface area contributed by atoms with Gasteiger partial charge >= 0.3 is 5.97 Å². The first-order valence-electron chi connectivity index (χ1n) is 8.99. The van der Waals surface area contributed by atoms with Crippen LogP contribution < -0.4 is 14.2 Å². The zero-order valence-electron chi connectivity index (χ0n) is 15.9. The van der Waals surface area contributed by atoms with Crippen LogP contribution in [0.2, 0.25) is 0 Å². The highest BCUT2D eigenvalue weighted by molar-refractivity contribution is 7.89. The molecule has 1 aliphatic rings. The third kappa shape index (κ3) is 4.45. The van der Waals surface area contributed by atoms with Crippen LogP contribution in [-0.2, 0) is 10.0 Å². The van der Waals surface area contributed by atoms with Crippen molar-refractivity contribution in [1.29, 1.82) is 0 Å². The Labute approximate surface area is 164 Å². The van der Waals surface area contributed by atoms with Crippen molar-refractivity contribution >= 4 is 16.0 Å². The molecule has 28 heavy (non-hydrogen) atoms. The predicted molar refractivity (Wildman–Crippen MR) is 104 cm³/mol. The number of piperidine rings is 1. The maximum absolute atomic E-state index is 12.7. The molecule has 0 spiro atoms. The van der Waals surface area contributed by atoms with E-state index < -0.39 is 16.0 Å². The molecule has 3 rings (SSSR count). The molecule has 0 aliphatic carbocycles. The summed E-state index contributed by atoms with van der Waals surface area (Å²) in [7, 11) is -0.530. The van der Waals surface area contributed by atoms with Crippen molar-refractivity contribution in [2.75, 3.05) is 27.3 Å². The van der Waals surface area contributed by atoms with Gasteiger partial charge in [-0.1, -0.05) is 6.42 Å². The number of esters is 1. The van der Waals surface area contributed by atoms with Gasteiger partial charge in [-0.25, -0.2) is 13.2 Å². The molecule has 0 N–H and O–H groups in total. The van der Waals surface area contributed by atoms with Crippen LogP contribution in [0.4, 0.5) is 0 Å². The number of rotatable bonds is 6. The lowest BCUT2D eigenvalue weighted by molar-refractivity contribution is 0.0734. The average Bonchev–Trinajstić information content (AvgIpc) is 2.74. The van der Waals surface area contributed by atoms with Gasteiger partial charge in [0.1, 0.15) is 17.2 Å². The number of sulfonamides is 1. The zero-order valence-corrected chi connectivity index (χ0v) is 16.7. The van der Waals surface area contributed by atoms with Crippen molar-refractivity contribution in [1.82, 2.24) is 4.31 Å². The summed E-state index contributed by atoms with van der Waals surface area (Å²) in [4.78, 5) is 12.6. The molecule has 1 heterocycles. The van der Waals surface area contributed by atoms with Gasteiger partial charge in [0.05, 0.1) is 24.7 Å². The highest BCUT2D eigenvalue weighted by Crippen LogP contribution is 2.28. The maximum Gasteiger partial charge on any atom is 0.343 e. The van der Waals surface area contributed by atoms with Crippen molar-refractivity contribution in [2.45, 2.75) is 24.2 Å². The third-order valence-corrected chi connectivity index (χ3v) is 6.49. The van der Waals surface area contributed by atoms with Crippen molar-refractivity contribution < 1.29 is 27.4 Å². The Morgan fingerprint density at radius 2 is 1.39 bits per heavy atom. The molecule has 0 aromatic heterocycles. The van der Waals surface area contributed by atoms with Crippen LogP contribution in [0.25, 0.3) is 0 Å². The number of nitrogens with zero attached hydrogens (tertiary/aromatic N) is 1. The van der Waals surface area contributed by atoms with Gasteiger partial charge in [-0.05, 0) is 37.1 Å². The molecule has 0 bridgehead atoms. The van der Waals surface area contributed by atoms with Gasteiger partial charge in [0.15, 0.2) is 0 Å². The number of carbonyl (C=O) groups is 1. The van der Waals surface area contributed by atoms with E-state index in [0.29, 0.717) is 24.6 Å². The Hall–Kier alpha value is -2.58.